The van der Waals surface area contributed by atoms with Crippen molar-refractivity contribution in [3.63, 3.8) is 0 Å². The molecule has 4 heterocycles. The van der Waals surface area contributed by atoms with E-state index >= 15 is 0 Å². The predicted molar refractivity (Wildman–Crippen MR) is 138 cm³/mol. The molecule has 1 saturated heterocycles. The second kappa shape index (κ2) is 11.3. The van der Waals surface area contributed by atoms with Crippen LogP contribution in [-0.2, 0) is 20.9 Å². The Morgan fingerprint density at radius 3 is 2.72 bits per heavy atom. The minimum absolute atomic E-state index is 0.0124. The van der Waals surface area contributed by atoms with E-state index in [1.54, 1.807) is 18.2 Å². The molecular formula is C25H30N8O6. The molecule has 3 amide bonds. The van der Waals surface area contributed by atoms with Crippen LogP contribution in [0.25, 0.3) is 11.2 Å². The molecule has 3 aromatic rings. The van der Waals surface area contributed by atoms with Gasteiger partial charge in [0.15, 0.2) is 17.7 Å². The largest absolute Gasteiger partial charge is 0.387 e. The standard InChI is InChI=1S/C25H30N8O6/c26-22-19-23(30-11-29-22)33(12-31-19)25-21(37)20(36)16(39-25)10-27-17(34)7-2-1-3-8-18(35)32-15-6-4-5-13-14(15)9-28-24(13)38/h4-6,11-12,16,20-21,25,36-37H,1-3,7-10H2,(H,27,34)(H,28,38)(H,32,35)(H2,26,29,30). The average Bonchev–Trinajstić information content (AvgIpc) is 3.60. The van der Waals surface area contributed by atoms with Crippen LogP contribution in [0.2, 0.25) is 0 Å². The van der Waals surface area contributed by atoms with Crippen LogP contribution in [0, 0.1) is 0 Å². The fourth-order valence-electron chi connectivity index (χ4n) is 4.82. The van der Waals surface area contributed by atoms with Crippen molar-refractivity contribution in [1.29, 1.82) is 0 Å². The number of amides is 3. The summed E-state index contributed by atoms with van der Waals surface area (Å²) in [5, 5.41) is 29.3. The Morgan fingerprint density at radius 1 is 1.10 bits per heavy atom. The normalized spacial score (nSPS) is 22.1. The molecule has 14 nitrogen and oxygen atoms in total. The summed E-state index contributed by atoms with van der Waals surface area (Å²) >= 11 is 0. The Kier molecular flexibility index (Phi) is 7.67. The number of nitrogen functional groups attached to an aromatic ring is 1. The number of aromatic nitrogens is 4. The van der Waals surface area contributed by atoms with Crippen LogP contribution in [0.1, 0.15) is 54.3 Å². The molecule has 4 unspecified atom stereocenters. The summed E-state index contributed by atoms with van der Waals surface area (Å²) < 4.78 is 7.29. The lowest BCUT2D eigenvalue weighted by molar-refractivity contribution is -0.122. The number of nitrogens with zero attached hydrogens (tertiary/aromatic N) is 4. The molecule has 206 valence electrons. The lowest BCUT2D eigenvalue weighted by atomic mass is 10.1. The third kappa shape index (κ3) is 5.53. The van der Waals surface area contributed by atoms with Gasteiger partial charge in [-0.2, -0.15) is 0 Å². The second-order valence-corrected chi connectivity index (χ2v) is 9.56. The highest BCUT2D eigenvalue weighted by Gasteiger charge is 2.44. The molecule has 4 atom stereocenters. The molecule has 2 aliphatic heterocycles. The van der Waals surface area contributed by atoms with Gasteiger partial charge in [-0.05, 0) is 25.0 Å². The van der Waals surface area contributed by atoms with Crippen molar-refractivity contribution in [2.45, 2.75) is 63.2 Å². The Bertz CT molecular complexity index is 1390. The molecule has 2 aliphatic rings. The quantitative estimate of drug-likeness (QED) is 0.190. The van der Waals surface area contributed by atoms with E-state index in [9.17, 15) is 24.6 Å². The van der Waals surface area contributed by atoms with E-state index in [1.807, 2.05) is 0 Å². The maximum Gasteiger partial charge on any atom is 0.251 e. The Hall–Kier alpha value is -4.14. The lowest BCUT2D eigenvalue weighted by Crippen LogP contribution is -2.39. The highest BCUT2D eigenvalue weighted by Crippen LogP contribution is 2.31. The molecule has 0 saturated carbocycles. The number of hydrogen-bond donors (Lipinski definition) is 6. The van der Waals surface area contributed by atoms with Crippen molar-refractivity contribution in [3.05, 3.63) is 42.0 Å². The van der Waals surface area contributed by atoms with E-state index in [0.29, 0.717) is 54.6 Å². The first-order chi connectivity index (χ1) is 18.8. The van der Waals surface area contributed by atoms with E-state index in [2.05, 4.69) is 30.9 Å². The van der Waals surface area contributed by atoms with Crippen LogP contribution in [0.3, 0.4) is 0 Å². The number of fused-ring (bicyclic) bond motifs is 2. The number of carbonyl (C=O) groups is 3. The molecule has 1 fully saturated rings. The zero-order chi connectivity index (χ0) is 27.5. The number of hydrogen-bond acceptors (Lipinski definition) is 10. The molecule has 0 spiro atoms. The first-order valence-corrected chi connectivity index (χ1v) is 12.7. The third-order valence-corrected chi connectivity index (χ3v) is 6.93. The van der Waals surface area contributed by atoms with Crippen molar-refractivity contribution < 1.29 is 29.3 Å². The molecule has 1 aromatic carbocycles. The van der Waals surface area contributed by atoms with Gasteiger partial charge in [0.05, 0.1) is 6.33 Å². The van der Waals surface area contributed by atoms with Gasteiger partial charge in [0.1, 0.15) is 30.2 Å². The number of aliphatic hydroxyl groups excluding tert-OH is 2. The summed E-state index contributed by atoms with van der Waals surface area (Å²) in [6, 6.07) is 5.24. The van der Waals surface area contributed by atoms with Gasteiger partial charge in [-0.15, -0.1) is 0 Å². The number of rotatable bonds is 10. The van der Waals surface area contributed by atoms with Crippen LogP contribution >= 0.6 is 0 Å². The van der Waals surface area contributed by atoms with E-state index < -0.39 is 24.5 Å². The van der Waals surface area contributed by atoms with Crippen molar-refractivity contribution in [1.82, 2.24) is 30.2 Å². The monoisotopic (exact) mass is 538 g/mol. The average molecular weight is 539 g/mol. The number of nitrogens with two attached hydrogens (primary N) is 1. The summed E-state index contributed by atoms with van der Waals surface area (Å²) in [4.78, 5) is 48.6. The molecular weight excluding hydrogens is 508 g/mol. The first kappa shape index (κ1) is 26.5. The van der Waals surface area contributed by atoms with Crippen molar-refractivity contribution in [2.75, 3.05) is 17.6 Å². The number of carbonyl (C=O) groups excluding carboxylic acids is 3. The number of anilines is 2. The number of nitrogens with one attached hydrogen (secondary N) is 3. The summed E-state index contributed by atoms with van der Waals surface area (Å²) in [6.07, 6.45) is 0.805. The lowest BCUT2D eigenvalue weighted by Gasteiger charge is -2.16. The molecule has 0 radical (unpaired) electrons. The van der Waals surface area contributed by atoms with Gasteiger partial charge in [-0.3, -0.25) is 19.0 Å². The Morgan fingerprint density at radius 2 is 1.90 bits per heavy atom. The molecule has 5 rings (SSSR count). The maximum absolute atomic E-state index is 12.3. The van der Waals surface area contributed by atoms with E-state index in [4.69, 9.17) is 10.5 Å². The summed E-state index contributed by atoms with van der Waals surface area (Å²) in [5.41, 5.74) is 8.53. The zero-order valence-electron chi connectivity index (χ0n) is 21.0. The third-order valence-electron chi connectivity index (χ3n) is 6.93. The minimum Gasteiger partial charge on any atom is -0.387 e. The molecule has 2 aromatic heterocycles. The smallest absolute Gasteiger partial charge is 0.251 e. The molecule has 14 heteroatoms. The van der Waals surface area contributed by atoms with Gasteiger partial charge in [0.2, 0.25) is 11.8 Å². The summed E-state index contributed by atoms with van der Waals surface area (Å²) in [6.45, 7) is 0.408. The number of ether oxygens (including phenoxy) is 1. The van der Waals surface area contributed by atoms with Crippen LogP contribution < -0.4 is 21.7 Å². The van der Waals surface area contributed by atoms with Gasteiger partial charge < -0.3 is 36.6 Å². The highest BCUT2D eigenvalue weighted by molar-refractivity contribution is 6.02. The van der Waals surface area contributed by atoms with E-state index in [1.165, 1.54) is 17.2 Å². The number of aliphatic hydroxyl groups is 2. The Balaban J connectivity index is 1.02. The van der Waals surface area contributed by atoms with Crippen LogP contribution in [0.15, 0.2) is 30.9 Å². The van der Waals surface area contributed by atoms with Crippen molar-refractivity contribution in [2.24, 2.45) is 0 Å². The minimum atomic E-state index is -1.26. The van der Waals surface area contributed by atoms with Gasteiger partial charge in [0, 0.05) is 42.7 Å². The van der Waals surface area contributed by atoms with Crippen LogP contribution in [0.4, 0.5) is 11.5 Å². The number of benzene rings is 1. The van der Waals surface area contributed by atoms with Gasteiger partial charge in [0.25, 0.3) is 5.91 Å². The van der Waals surface area contributed by atoms with Crippen molar-refractivity contribution >= 4 is 40.4 Å². The highest BCUT2D eigenvalue weighted by atomic mass is 16.6. The van der Waals surface area contributed by atoms with Gasteiger partial charge in [-0.1, -0.05) is 12.5 Å². The predicted octanol–water partition coefficient (Wildman–Crippen LogP) is -0.0235. The molecule has 39 heavy (non-hydrogen) atoms. The van der Waals surface area contributed by atoms with Gasteiger partial charge in [-0.25, -0.2) is 15.0 Å². The number of imidazole rings is 1. The van der Waals surface area contributed by atoms with Gasteiger partial charge >= 0.3 is 0 Å². The van der Waals surface area contributed by atoms with E-state index in [0.717, 1.165) is 5.56 Å². The van der Waals surface area contributed by atoms with E-state index in [-0.39, 0.29) is 36.5 Å². The SMILES string of the molecule is Nc1ncnc2c1ncn2C1OC(CNC(=O)CCCCCC(=O)Nc2cccc3c2CNC3=O)C(O)C1O. The second-order valence-electron chi connectivity index (χ2n) is 9.56. The summed E-state index contributed by atoms with van der Waals surface area (Å²) in [5.74, 6) is -0.325. The maximum atomic E-state index is 12.3. The van der Waals surface area contributed by atoms with Crippen LogP contribution in [-0.4, -0.2) is 72.3 Å². The van der Waals surface area contributed by atoms with Crippen LogP contribution in [0.5, 0.6) is 0 Å². The molecule has 0 bridgehead atoms. The van der Waals surface area contributed by atoms with Crippen molar-refractivity contribution in [3.8, 4) is 0 Å². The summed E-state index contributed by atoms with van der Waals surface area (Å²) in [7, 11) is 0. The zero-order valence-corrected chi connectivity index (χ0v) is 21.0. The molecule has 0 aliphatic carbocycles. The Labute approximate surface area is 223 Å². The fraction of sp³-hybridized carbons (Fsp3) is 0.440. The topological polar surface area (TPSA) is 207 Å². The first-order valence-electron chi connectivity index (χ1n) is 12.7. The molecule has 7 N–H and O–H groups in total. The number of unbranched alkanes of at least 4 members (excludes halogenated alkanes) is 2. The fourth-order valence-corrected chi connectivity index (χ4v) is 4.82.